The third-order valence-corrected chi connectivity index (χ3v) is 3.71. The smallest absolute Gasteiger partial charge is 0.257 e. The average Bonchev–Trinajstić information content (AvgIpc) is 2.62. The molecule has 0 saturated heterocycles. The fourth-order valence-electron chi connectivity index (χ4n) is 2.08. The minimum Gasteiger partial charge on any atom is -0.493 e. The summed E-state index contributed by atoms with van der Waals surface area (Å²) in [7, 11) is 4.45. The number of hydrogen-bond donors (Lipinski definition) is 2. The zero-order valence-corrected chi connectivity index (χ0v) is 15.5. The van der Waals surface area contributed by atoms with Crippen LogP contribution in [-0.4, -0.2) is 32.3 Å². The lowest BCUT2D eigenvalue weighted by Crippen LogP contribution is -2.34. The Hall–Kier alpha value is -2.51. The van der Waals surface area contributed by atoms with Gasteiger partial charge >= 0.3 is 0 Å². The topological polar surface area (TPSA) is 68.8 Å². The molecule has 0 aliphatic rings. The van der Waals surface area contributed by atoms with Gasteiger partial charge in [0.2, 0.25) is 5.75 Å². The maximum atomic E-state index is 12.4. The molecule has 0 fully saturated rings. The largest absolute Gasteiger partial charge is 0.493 e. The van der Waals surface area contributed by atoms with E-state index in [1.54, 1.807) is 36.4 Å². The SMILES string of the molecule is COc1cc(C(=O)NC(=S)Nc2ccc(Cl)cc2)cc(OC)c1OC. The standard InChI is InChI=1S/C17H17ClN2O4S/c1-22-13-8-10(9-14(23-2)15(13)24-3)16(21)20-17(25)19-12-6-4-11(18)5-7-12/h4-9H,1-3H3,(H2,19,20,21,25). The minimum absolute atomic E-state index is 0.154. The van der Waals surface area contributed by atoms with Gasteiger partial charge in [0.15, 0.2) is 16.6 Å². The predicted octanol–water partition coefficient (Wildman–Crippen LogP) is 3.49. The second-order valence-corrected chi connectivity index (χ2v) is 5.67. The van der Waals surface area contributed by atoms with E-state index in [1.165, 1.54) is 21.3 Å². The van der Waals surface area contributed by atoms with Crippen LogP contribution in [0.25, 0.3) is 0 Å². The van der Waals surface area contributed by atoms with Crippen molar-refractivity contribution >= 4 is 40.5 Å². The Morgan fingerprint density at radius 1 is 1.00 bits per heavy atom. The second-order valence-electron chi connectivity index (χ2n) is 4.83. The van der Waals surface area contributed by atoms with Crippen LogP contribution < -0.4 is 24.8 Å². The maximum absolute atomic E-state index is 12.4. The minimum atomic E-state index is -0.411. The van der Waals surface area contributed by atoms with Crippen LogP contribution in [0.3, 0.4) is 0 Å². The summed E-state index contributed by atoms with van der Waals surface area (Å²) in [5.41, 5.74) is 1.02. The van der Waals surface area contributed by atoms with Gasteiger partial charge in [-0.15, -0.1) is 0 Å². The second kappa shape index (κ2) is 8.55. The van der Waals surface area contributed by atoms with Crippen LogP contribution in [0.2, 0.25) is 5.02 Å². The van der Waals surface area contributed by atoms with Crippen molar-refractivity contribution in [2.24, 2.45) is 0 Å². The van der Waals surface area contributed by atoms with Crippen molar-refractivity contribution in [3.05, 3.63) is 47.0 Å². The molecule has 0 saturated carbocycles. The Balaban J connectivity index is 2.14. The fraction of sp³-hybridized carbons (Fsp3) is 0.176. The number of carbonyl (C=O) groups excluding carboxylic acids is 1. The first-order chi connectivity index (χ1) is 12.0. The Bertz CT molecular complexity index is 756. The molecule has 0 aliphatic heterocycles. The molecule has 0 aromatic heterocycles. The van der Waals surface area contributed by atoms with E-state index in [4.69, 9.17) is 38.0 Å². The van der Waals surface area contributed by atoms with Gasteiger partial charge in [0.1, 0.15) is 0 Å². The van der Waals surface area contributed by atoms with Gasteiger partial charge in [0.25, 0.3) is 5.91 Å². The molecule has 6 nitrogen and oxygen atoms in total. The first kappa shape index (κ1) is 18.8. The summed E-state index contributed by atoms with van der Waals surface area (Å²) in [4.78, 5) is 12.4. The average molecular weight is 381 g/mol. The highest BCUT2D eigenvalue weighted by Crippen LogP contribution is 2.38. The number of carbonyl (C=O) groups is 1. The number of nitrogens with one attached hydrogen (secondary N) is 2. The first-order valence-electron chi connectivity index (χ1n) is 7.16. The summed E-state index contributed by atoms with van der Waals surface area (Å²) >= 11 is 11.0. The van der Waals surface area contributed by atoms with Crippen LogP contribution >= 0.6 is 23.8 Å². The Labute approximate surface area is 156 Å². The molecule has 0 radical (unpaired) electrons. The molecular formula is C17H17ClN2O4S. The molecule has 0 aliphatic carbocycles. The highest BCUT2D eigenvalue weighted by molar-refractivity contribution is 7.80. The van der Waals surface area contributed by atoms with Crippen molar-refractivity contribution in [1.29, 1.82) is 0 Å². The normalized spacial score (nSPS) is 9.92. The number of hydrogen-bond acceptors (Lipinski definition) is 5. The van der Waals surface area contributed by atoms with Gasteiger partial charge in [-0.05, 0) is 48.6 Å². The van der Waals surface area contributed by atoms with Crippen LogP contribution in [0.1, 0.15) is 10.4 Å². The lowest BCUT2D eigenvalue weighted by atomic mass is 10.1. The van der Waals surface area contributed by atoms with Gasteiger partial charge in [-0.25, -0.2) is 0 Å². The molecule has 0 unspecified atom stereocenters. The van der Waals surface area contributed by atoms with Crippen molar-refractivity contribution < 1.29 is 19.0 Å². The van der Waals surface area contributed by atoms with E-state index >= 15 is 0 Å². The van der Waals surface area contributed by atoms with Crippen molar-refractivity contribution in [1.82, 2.24) is 5.32 Å². The quantitative estimate of drug-likeness (QED) is 0.774. The maximum Gasteiger partial charge on any atom is 0.257 e. The monoisotopic (exact) mass is 380 g/mol. The van der Waals surface area contributed by atoms with Crippen LogP contribution in [0.15, 0.2) is 36.4 Å². The van der Waals surface area contributed by atoms with Crippen LogP contribution in [0.5, 0.6) is 17.2 Å². The molecule has 0 bridgehead atoms. The van der Waals surface area contributed by atoms with Crippen molar-refractivity contribution in [3.63, 3.8) is 0 Å². The van der Waals surface area contributed by atoms with E-state index < -0.39 is 5.91 Å². The number of benzene rings is 2. The van der Waals surface area contributed by atoms with E-state index in [2.05, 4.69) is 10.6 Å². The fourth-order valence-corrected chi connectivity index (χ4v) is 2.42. The number of anilines is 1. The Morgan fingerprint density at radius 2 is 1.56 bits per heavy atom. The van der Waals surface area contributed by atoms with E-state index in [1.807, 2.05) is 0 Å². The first-order valence-corrected chi connectivity index (χ1v) is 7.95. The van der Waals surface area contributed by atoms with Gasteiger partial charge in [0.05, 0.1) is 21.3 Å². The molecule has 8 heteroatoms. The van der Waals surface area contributed by atoms with Crippen LogP contribution in [-0.2, 0) is 0 Å². The summed E-state index contributed by atoms with van der Waals surface area (Å²) in [6.07, 6.45) is 0. The van der Waals surface area contributed by atoms with Gasteiger partial charge in [-0.2, -0.15) is 0 Å². The number of methoxy groups -OCH3 is 3. The molecule has 0 spiro atoms. The lowest BCUT2D eigenvalue weighted by Gasteiger charge is -2.14. The van der Waals surface area contributed by atoms with Gasteiger partial charge in [-0.3, -0.25) is 10.1 Å². The van der Waals surface area contributed by atoms with Crippen LogP contribution in [0, 0.1) is 0 Å². The molecule has 1 amide bonds. The highest BCUT2D eigenvalue weighted by Gasteiger charge is 2.17. The summed E-state index contributed by atoms with van der Waals surface area (Å²) in [6, 6.07) is 10.0. The van der Waals surface area contributed by atoms with E-state index in [-0.39, 0.29) is 5.11 Å². The number of rotatable bonds is 5. The zero-order valence-electron chi connectivity index (χ0n) is 13.9. The molecule has 25 heavy (non-hydrogen) atoms. The van der Waals surface area contributed by atoms with Gasteiger partial charge in [0, 0.05) is 16.3 Å². The Morgan fingerprint density at radius 3 is 2.04 bits per heavy atom. The van der Waals surface area contributed by atoms with Gasteiger partial charge < -0.3 is 19.5 Å². The number of amides is 1. The van der Waals surface area contributed by atoms with Crippen LogP contribution in [0.4, 0.5) is 5.69 Å². The number of ether oxygens (including phenoxy) is 3. The molecule has 2 N–H and O–H groups in total. The van der Waals surface area contributed by atoms with Crippen molar-refractivity contribution in [2.75, 3.05) is 26.6 Å². The molecule has 2 aromatic carbocycles. The molecule has 2 rings (SSSR count). The summed E-state index contributed by atoms with van der Waals surface area (Å²) < 4.78 is 15.7. The molecular weight excluding hydrogens is 364 g/mol. The van der Waals surface area contributed by atoms with Crippen molar-refractivity contribution in [3.8, 4) is 17.2 Å². The van der Waals surface area contributed by atoms with E-state index in [0.29, 0.717) is 33.5 Å². The lowest BCUT2D eigenvalue weighted by molar-refractivity contribution is 0.0977. The molecule has 132 valence electrons. The van der Waals surface area contributed by atoms with Gasteiger partial charge in [-0.1, -0.05) is 11.6 Å². The summed E-state index contributed by atoms with van der Waals surface area (Å²) in [6.45, 7) is 0. The molecule has 2 aromatic rings. The van der Waals surface area contributed by atoms with Crippen molar-refractivity contribution in [2.45, 2.75) is 0 Å². The third-order valence-electron chi connectivity index (χ3n) is 3.26. The molecule has 0 atom stereocenters. The third kappa shape index (κ3) is 4.74. The number of thiocarbonyl (C=S) groups is 1. The summed E-state index contributed by atoms with van der Waals surface area (Å²) in [5.74, 6) is 0.751. The zero-order chi connectivity index (χ0) is 18.4. The summed E-state index contributed by atoms with van der Waals surface area (Å²) in [5, 5.41) is 6.26. The van der Waals surface area contributed by atoms with E-state index in [0.717, 1.165) is 0 Å². The molecule has 0 heterocycles. The van der Waals surface area contributed by atoms with E-state index in [9.17, 15) is 4.79 Å². The number of halogens is 1. The Kier molecular flexibility index (Phi) is 6.44. The highest BCUT2D eigenvalue weighted by atomic mass is 35.5. The predicted molar refractivity (Wildman–Crippen MR) is 101 cm³/mol.